The van der Waals surface area contributed by atoms with E-state index >= 15 is 0 Å². The molecule has 0 heterocycles. The number of alkyl halides is 1. The summed E-state index contributed by atoms with van der Waals surface area (Å²) in [5.41, 5.74) is 1.23. The van der Waals surface area contributed by atoms with Crippen molar-refractivity contribution in [1.82, 2.24) is 0 Å². The van der Waals surface area contributed by atoms with Crippen molar-refractivity contribution in [1.29, 1.82) is 0 Å². The van der Waals surface area contributed by atoms with E-state index < -0.39 is 0 Å². The van der Waals surface area contributed by atoms with Gasteiger partial charge in [0.25, 0.3) is 0 Å². The monoisotopic (exact) mass is 180 g/mol. The van der Waals surface area contributed by atoms with Crippen LogP contribution in [0.3, 0.4) is 0 Å². The Hall–Kier alpha value is -0.750. The lowest BCUT2D eigenvalue weighted by Crippen LogP contribution is -2.05. The van der Waals surface area contributed by atoms with Crippen LogP contribution < -0.4 is 0 Å². The molecule has 0 aromatic heterocycles. The molecular formula is C11H13Cl. The maximum absolute atomic E-state index is 6.01. The molecule has 2 atom stereocenters. The van der Waals surface area contributed by atoms with Crippen molar-refractivity contribution in [3.63, 3.8) is 0 Å². The Morgan fingerprint density at radius 1 is 1.33 bits per heavy atom. The number of benzene rings is 1. The molecule has 0 bridgehead atoms. The number of hydrogen-bond donors (Lipinski definition) is 0. The van der Waals surface area contributed by atoms with Crippen LogP contribution in [0, 0.1) is 0 Å². The Bertz CT molecular complexity index is 238. The molecule has 0 saturated carbocycles. The Kier molecular flexibility index (Phi) is 3.36. The summed E-state index contributed by atoms with van der Waals surface area (Å²) < 4.78 is 0. The van der Waals surface area contributed by atoms with E-state index in [9.17, 15) is 0 Å². The maximum atomic E-state index is 6.01. The topological polar surface area (TPSA) is 0 Å². The van der Waals surface area contributed by atoms with Gasteiger partial charge in [-0.3, -0.25) is 0 Å². The van der Waals surface area contributed by atoms with Crippen molar-refractivity contribution in [2.45, 2.75) is 18.2 Å². The second kappa shape index (κ2) is 4.32. The van der Waals surface area contributed by atoms with Crippen LogP contribution >= 0.6 is 11.6 Å². The van der Waals surface area contributed by atoms with Gasteiger partial charge in [-0.2, -0.15) is 0 Å². The zero-order valence-electron chi connectivity index (χ0n) is 7.20. The highest BCUT2D eigenvalue weighted by Crippen LogP contribution is 2.23. The molecule has 0 radical (unpaired) electrons. The third-order valence-corrected chi connectivity index (χ3v) is 2.20. The van der Waals surface area contributed by atoms with Crippen LogP contribution in [-0.4, -0.2) is 5.38 Å². The van der Waals surface area contributed by atoms with Crippen LogP contribution in [-0.2, 0) is 0 Å². The smallest absolute Gasteiger partial charge is 0.0410 e. The lowest BCUT2D eigenvalue weighted by atomic mass is 9.96. The van der Waals surface area contributed by atoms with Gasteiger partial charge in [-0.05, 0) is 12.5 Å². The Labute approximate surface area is 78.9 Å². The minimum absolute atomic E-state index is 0.102. The number of rotatable bonds is 3. The lowest BCUT2D eigenvalue weighted by molar-refractivity contribution is 0.817. The van der Waals surface area contributed by atoms with E-state index in [0.29, 0.717) is 0 Å². The molecule has 0 nitrogen and oxygen atoms in total. The standard InChI is InChI=1S/C11H13Cl/c1-3-11(9(2)12)10-7-5-4-6-8-10/h3-9,11H,1H2,2H3. The van der Waals surface area contributed by atoms with Crippen LogP contribution in [0.1, 0.15) is 18.4 Å². The van der Waals surface area contributed by atoms with Crippen molar-refractivity contribution < 1.29 is 0 Å². The molecule has 0 aliphatic heterocycles. The first kappa shape index (κ1) is 9.34. The first-order valence-corrected chi connectivity index (χ1v) is 4.51. The zero-order chi connectivity index (χ0) is 8.97. The van der Waals surface area contributed by atoms with E-state index in [0.717, 1.165) is 0 Å². The summed E-state index contributed by atoms with van der Waals surface area (Å²) in [5.74, 6) is 0.257. The first-order valence-electron chi connectivity index (χ1n) is 4.07. The number of allylic oxidation sites excluding steroid dienone is 1. The van der Waals surface area contributed by atoms with Gasteiger partial charge in [0.1, 0.15) is 0 Å². The highest BCUT2D eigenvalue weighted by Gasteiger charge is 2.12. The molecule has 0 aliphatic rings. The van der Waals surface area contributed by atoms with Crippen LogP contribution in [0.15, 0.2) is 43.0 Å². The molecule has 0 saturated heterocycles. The molecule has 1 rings (SSSR count). The number of halogens is 1. The highest BCUT2D eigenvalue weighted by molar-refractivity contribution is 6.21. The second-order valence-electron chi connectivity index (χ2n) is 2.85. The van der Waals surface area contributed by atoms with Crippen molar-refractivity contribution in [3.8, 4) is 0 Å². The quantitative estimate of drug-likeness (QED) is 0.493. The van der Waals surface area contributed by atoms with Crippen molar-refractivity contribution in [3.05, 3.63) is 48.6 Å². The number of hydrogen-bond acceptors (Lipinski definition) is 0. The molecule has 1 aromatic rings. The minimum atomic E-state index is 0.102. The average Bonchev–Trinajstić information content (AvgIpc) is 2.07. The van der Waals surface area contributed by atoms with Gasteiger partial charge in [0.05, 0.1) is 0 Å². The highest BCUT2D eigenvalue weighted by atomic mass is 35.5. The summed E-state index contributed by atoms with van der Waals surface area (Å²) in [5, 5.41) is 0.102. The summed E-state index contributed by atoms with van der Waals surface area (Å²) in [6, 6.07) is 10.2. The SMILES string of the molecule is C=CC(c1ccccc1)C(C)Cl. The van der Waals surface area contributed by atoms with E-state index in [1.807, 2.05) is 31.2 Å². The van der Waals surface area contributed by atoms with Crippen LogP contribution in [0.2, 0.25) is 0 Å². The predicted molar refractivity (Wildman–Crippen MR) is 54.7 cm³/mol. The Morgan fingerprint density at radius 2 is 1.92 bits per heavy atom. The van der Waals surface area contributed by atoms with Crippen LogP contribution in [0.5, 0.6) is 0 Å². The summed E-state index contributed by atoms with van der Waals surface area (Å²) in [6.07, 6.45) is 1.90. The fourth-order valence-corrected chi connectivity index (χ4v) is 1.51. The summed E-state index contributed by atoms with van der Waals surface area (Å²) >= 11 is 6.01. The van der Waals surface area contributed by atoms with Crippen molar-refractivity contribution >= 4 is 11.6 Å². The normalized spacial score (nSPS) is 15.2. The molecule has 0 fully saturated rings. The Morgan fingerprint density at radius 3 is 2.33 bits per heavy atom. The molecule has 0 amide bonds. The summed E-state index contributed by atoms with van der Waals surface area (Å²) in [6.45, 7) is 5.76. The lowest BCUT2D eigenvalue weighted by Gasteiger charge is -2.14. The largest absolute Gasteiger partial charge is 0.122 e. The third-order valence-electron chi connectivity index (χ3n) is 1.93. The van der Waals surface area contributed by atoms with Gasteiger partial charge >= 0.3 is 0 Å². The summed E-state index contributed by atoms with van der Waals surface area (Å²) in [7, 11) is 0. The van der Waals surface area contributed by atoms with E-state index in [4.69, 9.17) is 11.6 Å². The molecule has 0 aliphatic carbocycles. The molecular weight excluding hydrogens is 168 g/mol. The molecule has 1 heteroatoms. The Balaban J connectivity index is 2.88. The van der Waals surface area contributed by atoms with Gasteiger partial charge in [-0.15, -0.1) is 18.2 Å². The van der Waals surface area contributed by atoms with Gasteiger partial charge in [-0.25, -0.2) is 0 Å². The van der Waals surface area contributed by atoms with Gasteiger partial charge in [0, 0.05) is 11.3 Å². The van der Waals surface area contributed by atoms with Crippen LogP contribution in [0.4, 0.5) is 0 Å². The molecule has 0 spiro atoms. The zero-order valence-corrected chi connectivity index (χ0v) is 7.96. The second-order valence-corrected chi connectivity index (χ2v) is 3.54. The van der Waals surface area contributed by atoms with E-state index in [2.05, 4.69) is 18.7 Å². The van der Waals surface area contributed by atoms with Crippen LogP contribution in [0.25, 0.3) is 0 Å². The predicted octanol–water partition coefficient (Wildman–Crippen LogP) is 3.58. The van der Waals surface area contributed by atoms with E-state index in [1.54, 1.807) is 0 Å². The van der Waals surface area contributed by atoms with Crippen molar-refractivity contribution in [2.24, 2.45) is 0 Å². The van der Waals surface area contributed by atoms with Crippen molar-refractivity contribution in [2.75, 3.05) is 0 Å². The van der Waals surface area contributed by atoms with E-state index in [1.165, 1.54) is 5.56 Å². The van der Waals surface area contributed by atoms with Gasteiger partial charge in [0.2, 0.25) is 0 Å². The molecule has 0 N–H and O–H groups in total. The fraction of sp³-hybridized carbons (Fsp3) is 0.273. The van der Waals surface area contributed by atoms with E-state index in [-0.39, 0.29) is 11.3 Å². The fourth-order valence-electron chi connectivity index (χ4n) is 1.26. The maximum Gasteiger partial charge on any atom is 0.0410 e. The molecule has 1 aromatic carbocycles. The molecule has 64 valence electrons. The van der Waals surface area contributed by atoms with Gasteiger partial charge in [0.15, 0.2) is 0 Å². The van der Waals surface area contributed by atoms with Gasteiger partial charge < -0.3 is 0 Å². The minimum Gasteiger partial charge on any atom is -0.122 e. The van der Waals surface area contributed by atoms with Gasteiger partial charge in [-0.1, -0.05) is 36.4 Å². The average molecular weight is 181 g/mol. The third kappa shape index (κ3) is 2.12. The summed E-state index contributed by atoms with van der Waals surface area (Å²) in [4.78, 5) is 0. The molecule has 12 heavy (non-hydrogen) atoms. The molecule has 2 unspecified atom stereocenters. The first-order chi connectivity index (χ1) is 5.75.